The topological polar surface area (TPSA) is 55.2 Å². The van der Waals surface area contributed by atoms with Gasteiger partial charge in [0.25, 0.3) is 5.56 Å². The lowest BCUT2D eigenvalue weighted by atomic mass is 10.1. The number of carbonyl (C=O) groups is 1. The summed E-state index contributed by atoms with van der Waals surface area (Å²) in [6.45, 7) is 5.15. The van der Waals surface area contributed by atoms with Crippen LogP contribution in [0.5, 0.6) is 0 Å². The van der Waals surface area contributed by atoms with E-state index in [0.717, 1.165) is 31.6 Å². The first kappa shape index (κ1) is 12.8. The minimum atomic E-state index is -0.518. The lowest BCUT2D eigenvalue weighted by Crippen LogP contribution is -2.42. The summed E-state index contributed by atoms with van der Waals surface area (Å²) in [5.74, 6) is -0.00472. The first-order chi connectivity index (χ1) is 8.59. The maximum Gasteiger partial charge on any atom is 0.267 e. The zero-order valence-electron chi connectivity index (χ0n) is 10.9. The Morgan fingerprint density at radius 2 is 1.94 bits per heavy atom. The van der Waals surface area contributed by atoms with E-state index in [4.69, 9.17) is 0 Å². The van der Waals surface area contributed by atoms with E-state index < -0.39 is 6.04 Å². The van der Waals surface area contributed by atoms with Crippen molar-refractivity contribution in [2.24, 2.45) is 0 Å². The lowest BCUT2D eigenvalue weighted by molar-refractivity contribution is -0.135. The van der Waals surface area contributed by atoms with Crippen LogP contribution in [0.3, 0.4) is 0 Å². The standard InChI is InChI=1S/C13H19N3O2/c1-10-6-7-12(17)16(14-10)11(2)13(18)15-8-4-3-5-9-15/h6-7,11H,3-5,8-9H2,1-2H3. The van der Waals surface area contributed by atoms with Crippen LogP contribution in [-0.4, -0.2) is 33.7 Å². The summed E-state index contributed by atoms with van der Waals surface area (Å²) < 4.78 is 1.28. The van der Waals surface area contributed by atoms with Gasteiger partial charge < -0.3 is 4.90 Å². The van der Waals surface area contributed by atoms with E-state index in [1.54, 1.807) is 13.0 Å². The van der Waals surface area contributed by atoms with Crippen molar-refractivity contribution < 1.29 is 4.79 Å². The molecule has 1 saturated heterocycles. The fourth-order valence-electron chi connectivity index (χ4n) is 2.28. The van der Waals surface area contributed by atoms with Gasteiger partial charge in [-0.05, 0) is 39.2 Å². The zero-order valence-corrected chi connectivity index (χ0v) is 10.9. The molecular weight excluding hydrogens is 230 g/mol. The summed E-state index contributed by atoms with van der Waals surface area (Å²) in [5.41, 5.74) is 0.520. The number of likely N-dealkylation sites (tertiary alicyclic amines) is 1. The van der Waals surface area contributed by atoms with Gasteiger partial charge in [0.15, 0.2) is 0 Å². The second-order valence-electron chi connectivity index (χ2n) is 4.82. The minimum Gasteiger partial charge on any atom is -0.341 e. The molecule has 1 aliphatic rings. The van der Waals surface area contributed by atoms with E-state index >= 15 is 0 Å². The molecule has 5 heteroatoms. The molecule has 0 saturated carbocycles. The molecule has 0 radical (unpaired) electrons. The summed E-state index contributed by atoms with van der Waals surface area (Å²) >= 11 is 0. The molecule has 1 aromatic heterocycles. The van der Waals surface area contributed by atoms with E-state index in [9.17, 15) is 9.59 Å². The predicted octanol–water partition coefficient (Wildman–Crippen LogP) is 1.13. The molecule has 18 heavy (non-hydrogen) atoms. The number of carbonyl (C=O) groups excluding carboxylic acids is 1. The Morgan fingerprint density at radius 1 is 1.28 bits per heavy atom. The SMILES string of the molecule is Cc1ccc(=O)n(C(C)C(=O)N2CCCCC2)n1. The number of nitrogens with zero attached hydrogens (tertiary/aromatic N) is 3. The fourth-order valence-corrected chi connectivity index (χ4v) is 2.28. The van der Waals surface area contributed by atoms with Crippen molar-refractivity contribution in [1.82, 2.24) is 14.7 Å². The molecule has 1 unspecified atom stereocenters. The van der Waals surface area contributed by atoms with Gasteiger partial charge in [0.05, 0.1) is 5.69 Å². The molecule has 0 N–H and O–H groups in total. The Kier molecular flexibility index (Phi) is 3.79. The Bertz CT molecular complexity index is 489. The van der Waals surface area contributed by atoms with E-state index in [-0.39, 0.29) is 11.5 Å². The quantitative estimate of drug-likeness (QED) is 0.789. The average molecular weight is 249 g/mol. The molecule has 98 valence electrons. The van der Waals surface area contributed by atoms with Gasteiger partial charge in [-0.3, -0.25) is 9.59 Å². The van der Waals surface area contributed by atoms with Crippen LogP contribution in [0.4, 0.5) is 0 Å². The van der Waals surface area contributed by atoms with Gasteiger partial charge in [0, 0.05) is 19.2 Å². The van der Waals surface area contributed by atoms with E-state index in [1.165, 1.54) is 17.2 Å². The predicted molar refractivity (Wildman–Crippen MR) is 68.4 cm³/mol. The van der Waals surface area contributed by atoms with Gasteiger partial charge in [-0.15, -0.1) is 0 Å². The molecule has 1 amide bonds. The third kappa shape index (κ3) is 2.60. The normalized spacial score (nSPS) is 17.6. The number of hydrogen-bond donors (Lipinski definition) is 0. The first-order valence-electron chi connectivity index (χ1n) is 6.45. The molecule has 0 spiro atoms. The van der Waals surface area contributed by atoms with Crippen molar-refractivity contribution in [2.75, 3.05) is 13.1 Å². The largest absolute Gasteiger partial charge is 0.341 e. The molecule has 2 heterocycles. The van der Waals surface area contributed by atoms with E-state index in [0.29, 0.717) is 0 Å². The Balaban J connectivity index is 2.19. The van der Waals surface area contributed by atoms with Crippen molar-refractivity contribution in [2.45, 2.75) is 39.2 Å². The number of rotatable bonds is 2. The van der Waals surface area contributed by atoms with Gasteiger partial charge in [-0.25, -0.2) is 4.68 Å². The molecule has 1 fully saturated rings. The van der Waals surface area contributed by atoms with Crippen LogP contribution in [0, 0.1) is 6.92 Å². The van der Waals surface area contributed by atoms with Gasteiger partial charge >= 0.3 is 0 Å². The number of aryl methyl sites for hydroxylation is 1. The highest BCUT2D eigenvalue weighted by Gasteiger charge is 2.24. The average Bonchev–Trinajstić information content (AvgIpc) is 2.41. The zero-order chi connectivity index (χ0) is 13.1. The second kappa shape index (κ2) is 5.33. The van der Waals surface area contributed by atoms with Gasteiger partial charge in [0.1, 0.15) is 6.04 Å². The number of hydrogen-bond acceptors (Lipinski definition) is 3. The summed E-state index contributed by atoms with van der Waals surface area (Å²) in [4.78, 5) is 25.9. The van der Waals surface area contributed by atoms with E-state index in [1.807, 2.05) is 11.8 Å². The van der Waals surface area contributed by atoms with Crippen LogP contribution in [0.2, 0.25) is 0 Å². The highest BCUT2D eigenvalue weighted by atomic mass is 16.2. The summed E-state index contributed by atoms with van der Waals surface area (Å²) in [7, 11) is 0. The van der Waals surface area contributed by atoms with Crippen molar-refractivity contribution in [3.8, 4) is 0 Å². The molecular formula is C13H19N3O2. The molecule has 0 bridgehead atoms. The maximum atomic E-state index is 12.3. The monoisotopic (exact) mass is 249 g/mol. The van der Waals surface area contributed by atoms with Crippen LogP contribution >= 0.6 is 0 Å². The molecule has 5 nitrogen and oxygen atoms in total. The minimum absolute atomic E-state index is 0.00472. The number of piperidine rings is 1. The van der Waals surface area contributed by atoms with Gasteiger partial charge in [-0.2, -0.15) is 5.10 Å². The highest BCUT2D eigenvalue weighted by Crippen LogP contribution is 2.13. The fraction of sp³-hybridized carbons (Fsp3) is 0.615. The third-order valence-corrected chi connectivity index (χ3v) is 3.35. The van der Waals surface area contributed by atoms with Crippen LogP contribution in [0.1, 0.15) is 37.9 Å². The first-order valence-corrected chi connectivity index (χ1v) is 6.45. The van der Waals surface area contributed by atoms with Crippen molar-refractivity contribution in [3.05, 3.63) is 28.2 Å². The number of aromatic nitrogens is 2. The van der Waals surface area contributed by atoms with Crippen LogP contribution < -0.4 is 5.56 Å². The summed E-state index contributed by atoms with van der Waals surface area (Å²) in [5, 5.41) is 4.15. The van der Waals surface area contributed by atoms with Gasteiger partial charge in [0.2, 0.25) is 5.91 Å². The smallest absolute Gasteiger partial charge is 0.267 e. The lowest BCUT2D eigenvalue weighted by Gasteiger charge is -2.29. The van der Waals surface area contributed by atoms with Crippen LogP contribution in [-0.2, 0) is 4.79 Å². The van der Waals surface area contributed by atoms with Crippen molar-refractivity contribution in [3.63, 3.8) is 0 Å². The Hall–Kier alpha value is -1.65. The molecule has 0 aromatic carbocycles. The van der Waals surface area contributed by atoms with Crippen molar-refractivity contribution in [1.29, 1.82) is 0 Å². The van der Waals surface area contributed by atoms with Crippen LogP contribution in [0.15, 0.2) is 16.9 Å². The molecule has 2 rings (SSSR count). The highest BCUT2D eigenvalue weighted by molar-refractivity contribution is 5.80. The molecule has 1 aliphatic heterocycles. The third-order valence-electron chi connectivity index (χ3n) is 3.35. The summed E-state index contributed by atoms with van der Waals surface area (Å²) in [6.07, 6.45) is 3.28. The Labute approximate surface area is 106 Å². The molecule has 1 aromatic rings. The van der Waals surface area contributed by atoms with E-state index in [2.05, 4.69) is 5.10 Å². The maximum absolute atomic E-state index is 12.3. The second-order valence-corrected chi connectivity index (χ2v) is 4.82. The van der Waals surface area contributed by atoms with Crippen LogP contribution in [0.25, 0.3) is 0 Å². The number of amides is 1. The summed E-state index contributed by atoms with van der Waals surface area (Å²) in [6, 6.07) is 2.61. The molecule has 0 aliphatic carbocycles. The van der Waals surface area contributed by atoms with Crippen molar-refractivity contribution >= 4 is 5.91 Å². The van der Waals surface area contributed by atoms with Gasteiger partial charge in [-0.1, -0.05) is 0 Å². The molecule has 1 atom stereocenters. The Morgan fingerprint density at radius 3 is 2.61 bits per heavy atom.